The van der Waals surface area contributed by atoms with Crippen LogP contribution in [-0.4, -0.2) is 23.0 Å². The van der Waals surface area contributed by atoms with Crippen molar-refractivity contribution in [1.29, 1.82) is 5.26 Å². The van der Waals surface area contributed by atoms with Gasteiger partial charge in [0.05, 0.1) is 17.5 Å². The Labute approximate surface area is 196 Å². The fourth-order valence-corrected chi connectivity index (χ4v) is 4.40. The maximum Gasteiger partial charge on any atom is 0.433 e. The van der Waals surface area contributed by atoms with Crippen LogP contribution in [0.5, 0.6) is 0 Å². The zero-order valence-electron chi connectivity index (χ0n) is 18.7. The van der Waals surface area contributed by atoms with Gasteiger partial charge in [0, 0.05) is 28.7 Å². The summed E-state index contributed by atoms with van der Waals surface area (Å²) in [5.74, 6) is -0.529. The molecule has 1 saturated carbocycles. The molecule has 3 aromatic rings. The molecule has 1 amide bonds. The molecule has 0 saturated heterocycles. The van der Waals surface area contributed by atoms with Crippen molar-refractivity contribution in [3.05, 3.63) is 71.4 Å². The van der Waals surface area contributed by atoms with Gasteiger partial charge in [-0.1, -0.05) is 30.3 Å². The largest absolute Gasteiger partial charge is 0.433 e. The highest BCUT2D eigenvalue weighted by molar-refractivity contribution is 5.94. The molecule has 4 rings (SSSR count). The van der Waals surface area contributed by atoms with Crippen LogP contribution in [0.2, 0.25) is 0 Å². The molecule has 0 aliphatic heterocycles. The number of para-hydroxylation sites is 1. The summed E-state index contributed by atoms with van der Waals surface area (Å²) in [5.41, 5.74) is 1.02. The van der Waals surface area contributed by atoms with Gasteiger partial charge in [-0.25, -0.2) is 4.98 Å². The Bertz CT molecular complexity index is 1230. The number of carbonyl (C=O) groups excluding carboxylic acids is 1. The number of hydrogen-bond donors (Lipinski definition) is 2. The predicted molar refractivity (Wildman–Crippen MR) is 124 cm³/mol. The molecule has 34 heavy (non-hydrogen) atoms. The number of nitrogens with zero attached hydrogens (tertiary/aromatic N) is 2. The molecular weight excluding hydrogens is 441 g/mol. The van der Waals surface area contributed by atoms with E-state index in [9.17, 15) is 18.0 Å². The van der Waals surface area contributed by atoms with Gasteiger partial charge in [0.15, 0.2) is 0 Å². The number of hydrogen-bond acceptors (Lipinski definition) is 4. The first kappa shape index (κ1) is 23.6. The number of pyridine rings is 1. The summed E-state index contributed by atoms with van der Waals surface area (Å²) in [4.78, 5) is 16.6. The topological polar surface area (TPSA) is 77.8 Å². The lowest BCUT2D eigenvalue weighted by atomic mass is 9.90. The van der Waals surface area contributed by atoms with Gasteiger partial charge in [0.1, 0.15) is 5.69 Å². The molecule has 1 heterocycles. The summed E-state index contributed by atoms with van der Waals surface area (Å²) in [7, 11) is 0. The molecule has 5 nitrogen and oxygen atoms in total. The van der Waals surface area contributed by atoms with Crippen LogP contribution < -0.4 is 10.6 Å². The van der Waals surface area contributed by atoms with Crippen molar-refractivity contribution < 1.29 is 18.0 Å². The lowest BCUT2D eigenvalue weighted by Crippen LogP contribution is -2.41. The van der Waals surface area contributed by atoms with Crippen molar-refractivity contribution in [2.45, 2.75) is 56.8 Å². The van der Waals surface area contributed by atoms with Crippen LogP contribution in [0.15, 0.2) is 54.6 Å². The summed E-state index contributed by atoms with van der Waals surface area (Å²) < 4.78 is 40.2. The molecule has 1 unspecified atom stereocenters. The van der Waals surface area contributed by atoms with Crippen molar-refractivity contribution in [3.63, 3.8) is 0 Å². The van der Waals surface area contributed by atoms with E-state index >= 15 is 0 Å². The molecule has 176 valence electrons. The number of fused-ring (bicyclic) bond motifs is 1. The van der Waals surface area contributed by atoms with Crippen molar-refractivity contribution in [3.8, 4) is 6.07 Å². The van der Waals surface area contributed by atoms with E-state index in [1.807, 2.05) is 6.07 Å². The summed E-state index contributed by atoms with van der Waals surface area (Å²) in [6.45, 7) is 1.78. The van der Waals surface area contributed by atoms with E-state index in [-0.39, 0.29) is 29.4 Å². The Morgan fingerprint density at radius 3 is 2.65 bits per heavy atom. The van der Waals surface area contributed by atoms with Gasteiger partial charge in [0.2, 0.25) is 0 Å². The minimum Gasteiger partial charge on any atom is -0.382 e. The minimum atomic E-state index is -4.54. The zero-order valence-corrected chi connectivity index (χ0v) is 18.7. The molecular formula is C26H25F3N4O. The highest BCUT2D eigenvalue weighted by atomic mass is 19.4. The van der Waals surface area contributed by atoms with Gasteiger partial charge in [-0.2, -0.15) is 18.4 Å². The Hall–Kier alpha value is -3.60. The monoisotopic (exact) mass is 466 g/mol. The number of benzene rings is 2. The molecule has 1 aliphatic carbocycles. The van der Waals surface area contributed by atoms with Crippen LogP contribution in [0.3, 0.4) is 0 Å². The van der Waals surface area contributed by atoms with Gasteiger partial charge in [-0.05, 0) is 62.4 Å². The third-order valence-electron chi connectivity index (χ3n) is 6.22. The van der Waals surface area contributed by atoms with Crippen LogP contribution in [0, 0.1) is 11.3 Å². The zero-order chi connectivity index (χ0) is 24.3. The number of amides is 1. The van der Waals surface area contributed by atoms with Gasteiger partial charge < -0.3 is 10.6 Å². The van der Waals surface area contributed by atoms with Gasteiger partial charge in [-0.15, -0.1) is 0 Å². The predicted octanol–water partition coefficient (Wildman–Crippen LogP) is 6.03. The fraction of sp³-hybridized carbons (Fsp3) is 0.346. The summed E-state index contributed by atoms with van der Waals surface area (Å²) >= 11 is 0. The highest BCUT2D eigenvalue weighted by Crippen LogP contribution is 2.34. The Morgan fingerprint density at radius 1 is 1.12 bits per heavy atom. The quantitative estimate of drug-likeness (QED) is 0.481. The van der Waals surface area contributed by atoms with E-state index in [0.717, 1.165) is 30.9 Å². The molecule has 2 N–H and O–H groups in total. The minimum absolute atomic E-state index is 0.0871. The molecule has 1 aliphatic rings. The second-order valence-electron chi connectivity index (χ2n) is 8.72. The second kappa shape index (κ2) is 9.72. The Balaban J connectivity index is 1.48. The normalized spacial score (nSPS) is 19.3. The van der Waals surface area contributed by atoms with Gasteiger partial charge in [0.25, 0.3) is 5.91 Å². The van der Waals surface area contributed by atoms with E-state index in [2.05, 4.69) is 21.7 Å². The molecule has 0 bridgehead atoms. The van der Waals surface area contributed by atoms with Crippen molar-refractivity contribution in [2.24, 2.45) is 0 Å². The number of nitriles is 1. The average molecular weight is 467 g/mol. The van der Waals surface area contributed by atoms with Crippen LogP contribution >= 0.6 is 0 Å². The molecule has 8 heteroatoms. The van der Waals surface area contributed by atoms with E-state index < -0.39 is 11.9 Å². The summed E-state index contributed by atoms with van der Waals surface area (Å²) in [5, 5.41) is 16.1. The number of rotatable bonds is 5. The van der Waals surface area contributed by atoms with Gasteiger partial charge >= 0.3 is 6.18 Å². The van der Waals surface area contributed by atoms with Crippen LogP contribution in [0.1, 0.15) is 60.1 Å². The van der Waals surface area contributed by atoms with Crippen molar-refractivity contribution in [1.82, 2.24) is 10.3 Å². The molecule has 3 atom stereocenters. The van der Waals surface area contributed by atoms with E-state index in [4.69, 9.17) is 5.26 Å². The van der Waals surface area contributed by atoms with Crippen molar-refractivity contribution in [2.75, 3.05) is 5.32 Å². The summed E-state index contributed by atoms with van der Waals surface area (Å²) in [6.07, 6.45) is -1.52. The number of nitrogens with one attached hydrogen (secondary N) is 2. The number of carbonyl (C=O) groups is 1. The maximum atomic E-state index is 13.4. The molecule has 0 radical (unpaired) electrons. The van der Waals surface area contributed by atoms with Crippen LogP contribution in [0.4, 0.5) is 18.9 Å². The average Bonchev–Trinajstić information content (AvgIpc) is 2.83. The first-order valence-electron chi connectivity index (χ1n) is 11.3. The molecule has 0 spiro atoms. The Kier molecular flexibility index (Phi) is 6.73. The standard InChI is InChI=1S/C26H25F3N4O/c1-16(15-30)17-6-4-7-18(12-17)25(34)32-20-9-5-8-19(13-20)31-23-14-24(26(27,28)29)33-22-11-3-2-10-21(22)23/h2-4,6-7,10-12,14,16,19-20H,5,8-9,13H2,1H3,(H,31,33)(H,32,34)/t16?,19-,20+/m0/s1. The van der Waals surface area contributed by atoms with E-state index in [1.54, 1.807) is 49.4 Å². The Morgan fingerprint density at radius 2 is 1.88 bits per heavy atom. The first-order valence-corrected chi connectivity index (χ1v) is 11.3. The fourth-order valence-electron chi connectivity index (χ4n) is 4.40. The second-order valence-corrected chi connectivity index (χ2v) is 8.72. The maximum absolute atomic E-state index is 13.4. The number of halogens is 3. The lowest BCUT2D eigenvalue weighted by molar-refractivity contribution is -0.140. The molecule has 1 aromatic heterocycles. The highest BCUT2D eigenvalue weighted by Gasteiger charge is 2.34. The number of alkyl halides is 3. The smallest absolute Gasteiger partial charge is 0.382 e. The first-order chi connectivity index (χ1) is 16.2. The van der Waals surface area contributed by atoms with E-state index in [1.165, 1.54) is 0 Å². The molecule has 2 aromatic carbocycles. The summed E-state index contributed by atoms with van der Waals surface area (Å²) in [6, 6.07) is 16.8. The van der Waals surface area contributed by atoms with E-state index in [0.29, 0.717) is 23.1 Å². The van der Waals surface area contributed by atoms with Crippen LogP contribution in [0.25, 0.3) is 10.9 Å². The number of aromatic nitrogens is 1. The number of anilines is 1. The van der Waals surface area contributed by atoms with Crippen molar-refractivity contribution >= 4 is 22.5 Å². The van der Waals surface area contributed by atoms with Crippen LogP contribution in [-0.2, 0) is 6.18 Å². The third kappa shape index (κ3) is 5.30. The molecule has 1 fully saturated rings. The lowest BCUT2D eigenvalue weighted by Gasteiger charge is -2.31. The van der Waals surface area contributed by atoms with Gasteiger partial charge in [-0.3, -0.25) is 4.79 Å². The third-order valence-corrected chi connectivity index (χ3v) is 6.22. The SMILES string of the molecule is CC(C#N)c1cccc(C(=O)N[C@@H]2CCC[C@H](Nc3cc(C(F)(F)F)nc4ccccc34)C2)c1.